The predicted molar refractivity (Wildman–Crippen MR) is 159 cm³/mol. The van der Waals surface area contributed by atoms with E-state index >= 15 is 0 Å². The van der Waals surface area contributed by atoms with Gasteiger partial charge in [-0.3, -0.25) is 0 Å². The second-order valence-corrected chi connectivity index (χ2v) is 11.1. The number of hydrogen-bond donors (Lipinski definition) is 0. The van der Waals surface area contributed by atoms with E-state index in [1.807, 2.05) is 17.0 Å². The van der Waals surface area contributed by atoms with Crippen molar-refractivity contribution in [1.29, 1.82) is 0 Å². The van der Waals surface area contributed by atoms with Crippen LogP contribution in [-0.4, -0.2) is 30.6 Å². The molecule has 0 radical (unpaired) electrons. The zero-order valence-electron chi connectivity index (χ0n) is 24.1. The number of carbonyl (C=O) groups is 1. The van der Waals surface area contributed by atoms with Crippen molar-refractivity contribution in [2.75, 3.05) is 6.61 Å². The fraction of sp³-hybridized carbons (Fsp3) is 0.545. The third-order valence-corrected chi connectivity index (χ3v) is 7.45. The van der Waals surface area contributed by atoms with Gasteiger partial charge in [-0.15, -0.1) is 0 Å². The maximum Gasteiger partial charge on any atom is 0.417 e. The van der Waals surface area contributed by atoms with E-state index in [1.165, 1.54) is 24.0 Å². The fourth-order valence-electron chi connectivity index (χ4n) is 5.31. The van der Waals surface area contributed by atoms with Crippen molar-refractivity contribution in [3.63, 3.8) is 0 Å². The van der Waals surface area contributed by atoms with Gasteiger partial charge in [-0.25, -0.2) is 9.69 Å². The first-order valence-electron chi connectivity index (χ1n) is 15.0. The minimum absolute atomic E-state index is 0.0125. The van der Waals surface area contributed by atoms with Crippen LogP contribution in [0.25, 0.3) is 0 Å². The molecule has 1 atom stereocenters. The Bertz CT molecular complexity index is 915. The van der Waals surface area contributed by atoms with E-state index in [4.69, 9.17) is 9.39 Å². The Hall–Kier alpha value is -2.69. The number of benzene rings is 2. The number of carbonyl (C=O) groups excluding carboxylic acids is 1. The standard InChI is InChI=1S/C33H48BNO3/c1-5-7-24-34(25-8-6-2)38-31(23-17-9-12-18-27(3)4)35-30(26-37-33(35)36)32(28-19-13-10-14-20-28)29-21-15-11-16-22-29/h10-11,13-16,19-23,27,30,32H,5-9,12,17-18,24-26H2,1-4H3/b31-23-/t30-/m0/s1. The summed E-state index contributed by atoms with van der Waals surface area (Å²) in [6.45, 7) is 9.44. The van der Waals surface area contributed by atoms with E-state index in [0.29, 0.717) is 18.4 Å². The molecule has 1 aliphatic heterocycles. The number of nitrogens with zero attached hydrogens (tertiary/aromatic N) is 1. The fourth-order valence-corrected chi connectivity index (χ4v) is 5.31. The molecule has 1 fully saturated rings. The molecule has 0 aliphatic carbocycles. The Morgan fingerprint density at radius 1 is 0.947 bits per heavy atom. The summed E-state index contributed by atoms with van der Waals surface area (Å²) in [4.78, 5) is 15.2. The molecule has 0 spiro atoms. The van der Waals surface area contributed by atoms with Gasteiger partial charge in [0.1, 0.15) is 6.61 Å². The van der Waals surface area contributed by atoms with Gasteiger partial charge in [-0.05, 0) is 48.6 Å². The van der Waals surface area contributed by atoms with Crippen molar-refractivity contribution < 1.29 is 14.2 Å². The number of cyclic esters (lactones) is 1. The molecule has 1 heterocycles. The maximum absolute atomic E-state index is 13.4. The topological polar surface area (TPSA) is 38.8 Å². The van der Waals surface area contributed by atoms with Gasteiger partial charge in [-0.1, -0.05) is 127 Å². The summed E-state index contributed by atoms with van der Waals surface area (Å²) >= 11 is 0. The summed E-state index contributed by atoms with van der Waals surface area (Å²) in [5.74, 6) is 1.38. The van der Waals surface area contributed by atoms with Crippen molar-refractivity contribution in [2.24, 2.45) is 5.92 Å². The van der Waals surface area contributed by atoms with Crippen LogP contribution in [0.5, 0.6) is 0 Å². The number of ether oxygens (including phenoxy) is 1. The maximum atomic E-state index is 13.4. The smallest absolute Gasteiger partial charge is 0.417 e. The van der Waals surface area contributed by atoms with Crippen molar-refractivity contribution >= 4 is 13.0 Å². The molecule has 0 bridgehead atoms. The Labute approximate surface area is 231 Å². The van der Waals surface area contributed by atoms with E-state index in [1.54, 1.807) is 0 Å². The summed E-state index contributed by atoms with van der Waals surface area (Å²) in [6.07, 6.45) is 12.8. The molecule has 2 aromatic rings. The Morgan fingerprint density at radius 3 is 2.05 bits per heavy atom. The molecule has 2 aromatic carbocycles. The highest BCUT2D eigenvalue weighted by molar-refractivity contribution is 6.52. The second kappa shape index (κ2) is 16.3. The summed E-state index contributed by atoms with van der Waals surface area (Å²) in [5, 5.41) is 0. The van der Waals surface area contributed by atoms with Crippen LogP contribution in [0.2, 0.25) is 12.6 Å². The minimum Gasteiger partial charge on any atom is -0.549 e. The molecule has 0 saturated carbocycles. The average Bonchev–Trinajstić information content (AvgIpc) is 3.30. The van der Waals surface area contributed by atoms with E-state index in [0.717, 1.165) is 51.2 Å². The molecule has 5 heteroatoms. The van der Waals surface area contributed by atoms with Crippen LogP contribution in [0.4, 0.5) is 4.79 Å². The molecule has 0 N–H and O–H groups in total. The van der Waals surface area contributed by atoms with Gasteiger partial charge in [0.25, 0.3) is 0 Å². The highest BCUT2D eigenvalue weighted by Crippen LogP contribution is 2.37. The molecule has 1 saturated heterocycles. The van der Waals surface area contributed by atoms with Gasteiger partial charge in [0, 0.05) is 5.92 Å². The molecule has 1 aliphatic rings. The van der Waals surface area contributed by atoms with Crippen LogP contribution in [0.15, 0.2) is 72.6 Å². The number of amides is 1. The van der Waals surface area contributed by atoms with Crippen LogP contribution in [-0.2, 0) is 9.39 Å². The molecule has 3 rings (SSSR count). The first kappa shape index (κ1) is 29.9. The van der Waals surface area contributed by atoms with Crippen molar-refractivity contribution in [3.8, 4) is 0 Å². The lowest BCUT2D eigenvalue weighted by Crippen LogP contribution is -2.40. The van der Waals surface area contributed by atoms with Gasteiger partial charge in [0.2, 0.25) is 0 Å². The van der Waals surface area contributed by atoms with E-state index in [9.17, 15) is 4.79 Å². The SMILES string of the molecule is CCCCB(CCCC)O/C(=C\CCCCC(C)C)N1C(=O)OC[C@H]1C(c1ccccc1)c1ccccc1. The summed E-state index contributed by atoms with van der Waals surface area (Å²) < 4.78 is 12.5. The third kappa shape index (κ3) is 8.96. The van der Waals surface area contributed by atoms with Crippen molar-refractivity contribution in [3.05, 3.63) is 83.7 Å². The lowest BCUT2D eigenvalue weighted by Gasteiger charge is -2.32. The quantitative estimate of drug-likeness (QED) is 0.119. The zero-order valence-corrected chi connectivity index (χ0v) is 24.1. The van der Waals surface area contributed by atoms with Crippen molar-refractivity contribution in [2.45, 2.75) is 104 Å². The van der Waals surface area contributed by atoms with E-state index in [-0.39, 0.29) is 25.0 Å². The summed E-state index contributed by atoms with van der Waals surface area (Å²) in [6, 6.07) is 20.8. The number of rotatable bonds is 17. The largest absolute Gasteiger partial charge is 0.549 e. The Balaban J connectivity index is 1.94. The molecule has 4 nitrogen and oxygen atoms in total. The minimum atomic E-state index is -0.301. The monoisotopic (exact) mass is 517 g/mol. The van der Waals surface area contributed by atoms with Crippen molar-refractivity contribution in [1.82, 2.24) is 4.90 Å². The predicted octanol–water partition coefficient (Wildman–Crippen LogP) is 9.31. The number of unbranched alkanes of at least 4 members (excludes halogenated alkanes) is 4. The first-order chi connectivity index (χ1) is 18.5. The van der Waals surface area contributed by atoms with Gasteiger partial charge >= 0.3 is 13.0 Å². The molecule has 1 amide bonds. The normalized spacial score (nSPS) is 15.8. The summed E-state index contributed by atoms with van der Waals surface area (Å²) in [5.41, 5.74) is 2.36. The Kier molecular flexibility index (Phi) is 12.8. The molecular formula is C33H48BNO3. The van der Waals surface area contributed by atoms with Crippen LogP contribution in [0, 0.1) is 5.92 Å². The highest BCUT2D eigenvalue weighted by Gasteiger charge is 2.43. The number of allylic oxidation sites excluding steroid dienone is 1. The Morgan fingerprint density at radius 2 is 1.53 bits per heavy atom. The molecular weight excluding hydrogens is 469 g/mol. The lowest BCUT2D eigenvalue weighted by molar-refractivity contribution is 0.151. The lowest BCUT2D eigenvalue weighted by atomic mass is 9.59. The van der Waals surface area contributed by atoms with Crippen LogP contribution >= 0.6 is 0 Å². The molecule has 0 aromatic heterocycles. The van der Waals surface area contributed by atoms with E-state index < -0.39 is 0 Å². The van der Waals surface area contributed by atoms with Gasteiger partial charge < -0.3 is 9.39 Å². The van der Waals surface area contributed by atoms with Gasteiger partial charge in [-0.2, -0.15) is 0 Å². The number of hydrogen-bond acceptors (Lipinski definition) is 3. The second-order valence-electron chi connectivity index (χ2n) is 11.1. The molecule has 0 unspecified atom stereocenters. The first-order valence-corrected chi connectivity index (χ1v) is 15.0. The highest BCUT2D eigenvalue weighted by atomic mass is 16.6. The zero-order chi connectivity index (χ0) is 27.2. The average molecular weight is 518 g/mol. The third-order valence-electron chi connectivity index (χ3n) is 7.45. The summed E-state index contributed by atoms with van der Waals surface area (Å²) in [7, 11) is 0. The van der Waals surface area contributed by atoms with Crippen LogP contribution in [0.1, 0.15) is 96.1 Å². The van der Waals surface area contributed by atoms with Gasteiger partial charge in [0.15, 0.2) is 5.88 Å². The molecule has 206 valence electrons. The van der Waals surface area contributed by atoms with Crippen LogP contribution < -0.4 is 0 Å². The molecule has 38 heavy (non-hydrogen) atoms. The van der Waals surface area contributed by atoms with Gasteiger partial charge in [0.05, 0.1) is 6.04 Å². The van der Waals surface area contributed by atoms with Crippen LogP contribution in [0.3, 0.4) is 0 Å². The van der Waals surface area contributed by atoms with E-state index in [2.05, 4.69) is 82.3 Å².